The molecule has 2 saturated heterocycles. The highest BCUT2D eigenvalue weighted by Crippen LogP contribution is 2.71. The molecule has 0 unspecified atom stereocenters. The van der Waals surface area contributed by atoms with Crippen molar-refractivity contribution in [3.8, 4) is 0 Å². The molecule has 4 nitrogen and oxygen atoms in total. The Balaban J connectivity index is 1.61. The van der Waals surface area contributed by atoms with Crippen molar-refractivity contribution < 1.29 is 14.3 Å². The largest absolute Gasteiger partial charge is 0.382 e. The van der Waals surface area contributed by atoms with Crippen LogP contribution < -0.4 is 0 Å². The Morgan fingerprint density at radius 2 is 1.53 bits per heavy atom. The van der Waals surface area contributed by atoms with Crippen LogP contribution in [0.3, 0.4) is 0 Å². The van der Waals surface area contributed by atoms with Gasteiger partial charge in [0.2, 0.25) is 5.91 Å². The third-order valence-corrected chi connectivity index (χ3v) is 9.83. The number of ether oxygens (including phenoxy) is 2. The monoisotopic (exact) mass is 479 g/mol. The van der Waals surface area contributed by atoms with Crippen molar-refractivity contribution in [3.05, 3.63) is 107 Å². The average Bonchev–Trinajstić information content (AvgIpc) is 3.22. The van der Waals surface area contributed by atoms with Gasteiger partial charge in [-0.1, -0.05) is 78.9 Å². The average molecular weight is 480 g/mol. The van der Waals surface area contributed by atoms with Crippen molar-refractivity contribution in [2.24, 2.45) is 11.8 Å². The van der Waals surface area contributed by atoms with Crippen LogP contribution in [0.15, 0.2) is 78.9 Å². The van der Waals surface area contributed by atoms with E-state index in [0.29, 0.717) is 6.61 Å². The third-order valence-electron chi connectivity index (χ3n) is 9.83. The molecule has 0 aromatic heterocycles. The van der Waals surface area contributed by atoms with Gasteiger partial charge in [0, 0.05) is 32.6 Å². The van der Waals surface area contributed by atoms with Gasteiger partial charge in [0.05, 0.1) is 29.6 Å². The van der Waals surface area contributed by atoms with Crippen molar-refractivity contribution in [2.45, 2.75) is 42.2 Å². The maximum atomic E-state index is 14.8. The number of amides is 1. The fourth-order valence-electron chi connectivity index (χ4n) is 8.82. The van der Waals surface area contributed by atoms with E-state index in [1.54, 1.807) is 14.2 Å². The minimum atomic E-state index is -0.604. The molecule has 2 aliphatic heterocycles. The van der Waals surface area contributed by atoms with Crippen molar-refractivity contribution in [2.75, 3.05) is 27.4 Å². The molecular weight excluding hydrogens is 446 g/mol. The maximum Gasteiger partial charge on any atom is 0.228 e. The quantitative estimate of drug-likeness (QED) is 0.502. The van der Waals surface area contributed by atoms with Crippen LogP contribution in [-0.4, -0.2) is 44.3 Å². The van der Waals surface area contributed by atoms with E-state index in [2.05, 4.69) is 83.8 Å². The van der Waals surface area contributed by atoms with Crippen LogP contribution in [0.25, 0.3) is 0 Å². The Kier molecular flexibility index (Phi) is 4.96. The van der Waals surface area contributed by atoms with Crippen molar-refractivity contribution in [3.63, 3.8) is 0 Å². The zero-order chi connectivity index (χ0) is 24.5. The van der Waals surface area contributed by atoms with E-state index in [1.807, 2.05) is 0 Å². The smallest absolute Gasteiger partial charge is 0.228 e. The first-order valence-electron chi connectivity index (χ1n) is 13.3. The number of benzene rings is 3. The van der Waals surface area contributed by atoms with E-state index in [-0.39, 0.29) is 35.3 Å². The van der Waals surface area contributed by atoms with Gasteiger partial charge in [-0.3, -0.25) is 4.79 Å². The zero-order valence-corrected chi connectivity index (χ0v) is 21.0. The van der Waals surface area contributed by atoms with Crippen LogP contribution in [0.4, 0.5) is 0 Å². The van der Waals surface area contributed by atoms with Gasteiger partial charge < -0.3 is 14.4 Å². The lowest BCUT2D eigenvalue weighted by Crippen LogP contribution is -2.61. The molecule has 0 spiro atoms. The second-order valence-corrected chi connectivity index (χ2v) is 10.9. The molecule has 3 aliphatic carbocycles. The fraction of sp³-hybridized carbons (Fsp3) is 0.406. The molecule has 0 radical (unpaired) electrons. The van der Waals surface area contributed by atoms with Crippen LogP contribution >= 0.6 is 0 Å². The Morgan fingerprint density at radius 1 is 0.889 bits per heavy atom. The second-order valence-electron chi connectivity index (χ2n) is 10.9. The summed E-state index contributed by atoms with van der Waals surface area (Å²) in [6.45, 7) is 1.25. The predicted molar refractivity (Wildman–Crippen MR) is 139 cm³/mol. The summed E-state index contributed by atoms with van der Waals surface area (Å²) in [7, 11) is 3.51. The predicted octanol–water partition coefficient (Wildman–Crippen LogP) is 5.25. The van der Waals surface area contributed by atoms with E-state index in [9.17, 15) is 4.79 Å². The Bertz CT molecular complexity index is 1270. The number of carbonyl (C=O) groups is 1. The summed E-state index contributed by atoms with van der Waals surface area (Å²) in [4.78, 5) is 17.1. The molecule has 5 aliphatic rings. The molecule has 184 valence electrons. The first-order chi connectivity index (χ1) is 17.7. The SMILES string of the molecule is COC[C@@H](OC)C12c3ccccc3C(c3ccccc31)[C@H]1[C@@H]2C(=O)N2CCCC[C@]12c1ccccc1. The highest BCUT2D eigenvalue weighted by molar-refractivity contribution is 5.89. The lowest BCUT2D eigenvalue weighted by molar-refractivity contribution is -0.139. The molecule has 4 heteroatoms. The number of carbonyl (C=O) groups excluding carboxylic acids is 1. The number of rotatable bonds is 5. The molecule has 3 aromatic carbocycles. The molecule has 36 heavy (non-hydrogen) atoms. The molecule has 3 aromatic rings. The van der Waals surface area contributed by atoms with Crippen LogP contribution in [-0.2, 0) is 25.2 Å². The molecular formula is C32H33NO3. The van der Waals surface area contributed by atoms with Gasteiger partial charge >= 0.3 is 0 Å². The van der Waals surface area contributed by atoms with E-state index < -0.39 is 5.41 Å². The highest BCUT2D eigenvalue weighted by atomic mass is 16.5. The Morgan fingerprint density at radius 3 is 2.17 bits per heavy atom. The molecule has 4 atom stereocenters. The molecule has 0 N–H and O–H groups in total. The summed E-state index contributed by atoms with van der Waals surface area (Å²) < 4.78 is 12.1. The fourth-order valence-corrected chi connectivity index (χ4v) is 8.82. The highest BCUT2D eigenvalue weighted by Gasteiger charge is 2.74. The van der Waals surface area contributed by atoms with Crippen LogP contribution in [0.5, 0.6) is 0 Å². The maximum absolute atomic E-state index is 14.8. The number of fused-ring (bicyclic) bond motifs is 1. The minimum Gasteiger partial charge on any atom is -0.382 e. The third kappa shape index (κ3) is 2.49. The summed E-state index contributed by atoms with van der Waals surface area (Å²) in [5, 5.41) is 0. The van der Waals surface area contributed by atoms with E-state index >= 15 is 0 Å². The molecule has 8 rings (SSSR count). The van der Waals surface area contributed by atoms with Crippen molar-refractivity contribution >= 4 is 5.91 Å². The first kappa shape index (κ1) is 22.3. The lowest BCUT2D eigenvalue weighted by atomic mass is 9.43. The Hall–Kier alpha value is -2.95. The molecule has 1 amide bonds. The number of nitrogens with zero attached hydrogens (tertiary/aromatic N) is 1. The lowest BCUT2D eigenvalue weighted by Gasteiger charge is -2.60. The number of hydrogen-bond donors (Lipinski definition) is 0. The Labute approximate surface area is 213 Å². The number of methoxy groups -OCH3 is 2. The summed E-state index contributed by atoms with van der Waals surface area (Å²) in [6, 6.07) is 28.5. The summed E-state index contributed by atoms with van der Waals surface area (Å²) >= 11 is 0. The standard InChI is InChI=1S/C32H33NO3/c1-35-20-26(36-2)32-24-16-8-6-14-22(24)27(23-15-7-9-17-25(23)32)28-29(32)30(34)33-19-11-10-18-31(28,33)21-12-4-3-5-13-21/h3-9,12-17,26-29H,10-11,18-20H2,1-2H3/t26-,27?,28+,29-,31+,32?/m1/s1. The molecule has 2 fully saturated rings. The minimum absolute atomic E-state index is 0.131. The summed E-state index contributed by atoms with van der Waals surface area (Å²) in [5.74, 6) is 0.380. The van der Waals surface area contributed by atoms with Crippen LogP contribution in [0.1, 0.15) is 53.0 Å². The molecule has 0 saturated carbocycles. The molecule has 2 bridgehead atoms. The normalized spacial score (nSPS) is 32.4. The second kappa shape index (κ2) is 8.03. The van der Waals surface area contributed by atoms with Gasteiger partial charge in [0.15, 0.2) is 0 Å². The van der Waals surface area contributed by atoms with Gasteiger partial charge in [-0.05, 0) is 47.1 Å². The first-order valence-corrected chi connectivity index (χ1v) is 13.3. The van der Waals surface area contributed by atoms with Gasteiger partial charge in [0.25, 0.3) is 0 Å². The summed E-state index contributed by atoms with van der Waals surface area (Å²) in [5.41, 5.74) is 5.56. The van der Waals surface area contributed by atoms with E-state index in [0.717, 1.165) is 25.8 Å². The van der Waals surface area contributed by atoms with Gasteiger partial charge in [-0.15, -0.1) is 0 Å². The topological polar surface area (TPSA) is 38.8 Å². The van der Waals surface area contributed by atoms with E-state index in [1.165, 1.54) is 27.8 Å². The van der Waals surface area contributed by atoms with Gasteiger partial charge in [0.1, 0.15) is 0 Å². The van der Waals surface area contributed by atoms with Gasteiger partial charge in [-0.25, -0.2) is 0 Å². The number of hydrogen-bond acceptors (Lipinski definition) is 3. The van der Waals surface area contributed by atoms with Crippen LogP contribution in [0, 0.1) is 11.8 Å². The van der Waals surface area contributed by atoms with Crippen molar-refractivity contribution in [1.82, 2.24) is 4.90 Å². The molecule has 2 heterocycles. The summed E-state index contributed by atoms with van der Waals surface area (Å²) in [6.07, 6.45) is 2.92. The zero-order valence-electron chi connectivity index (χ0n) is 21.0. The van der Waals surface area contributed by atoms with Crippen molar-refractivity contribution in [1.29, 1.82) is 0 Å². The van der Waals surface area contributed by atoms with Crippen LogP contribution in [0.2, 0.25) is 0 Å². The van der Waals surface area contributed by atoms with Gasteiger partial charge in [-0.2, -0.15) is 0 Å². The number of piperidine rings is 1. The van der Waals surface area contributed by atoms with E-state index in [4.69, 9.17) is 9.47 Å².